The third kappa shape index (κ3) is 26.9. The van der Waals surface area contributed by atoms with Crippen LogP contribution in [0.4, 0.5) is 75.4 Å². The summed E-state index contributed by atoms with van der Waals surface area (Å²) in [5.74, 6) is 13.4. The van der Waals surface area contributed by atoms with E-state index in [0.717, 1.165) is 246 Å². The fraction of sp³-hybridized carbons (Fsp3) is 0.673. The van der Waals surface area contributed by atoms with Crippen molar-refractivity contribution in [1.82, 2.24) is 78.7 Å². The fourth-order valence-corrected chi connectivity index (χ4v) is 27.1. The van der Waals surface area contributed by atoms with Crippen molar-refractivity contribution in [3.05, 3.63) is 143 Å². The van der Waals surface area contributed by atoms with E-state index in [1.165, 1.54) is 164 Å². The van der Waals surface area contributed by atoms with Gasteiger partial charge in [-0.05, 0) is 250 Å². The summed E-state index contributed by atoms with van der Waals surface area (Å²) < 4.78 is 163. The zero-order chi connectivity index (χ0) is 93.4. The Morgan fingerprint density at radius 1 is 0.254 bits per heavy atom. The Kier molecular flexibility index (Phi) is 39.2. The molecule has 4 aliphatic carbocycles. The van der Waals surface area contributed by atoms with Crippen LogP contribution in [0.25, 0.3) is 0 Å². The molecule has 8 saturated heterocycles. The first-order chi connectivity index (χ1) is 64.6. The van der Waals surface area contributed by atoms with E-state index in [2.05, 4.69) is 126 Å². The molecule has 20 rings (SSSR count). The molecule has 0 amide bonds. The molecule has 20 nitrogen and oxygen atoms in total. The minimum Gasteiger partial charge on any atom is -0.367 e. The van der Waals surface area contributed by atoms with Crippen LogP contribution in [0, 0.1) is 23.7 Å². The van der Waals surface area contributed by atoms with Gasteiger partial charge in [-0.1, -0.05) is 111 Å². The van der Waals surface area contributed by atoms with Crippen LogP contribution < -0.4 is 19.6 Å². The lowest BCUT2D eigenvalue weighted by Crippen LogP contribution is -2.35. The van der Waals surface area contributed by atoms with Crippen LogP contribution in [-0.2, 0) is 52.9 Å². The summed E-state index contributed by atoms with van der Waals surface area (Å²) in [6.45, 7) is 16.2. The Morgan fingerprint density at radius 2 is 0.442 bits per heavy atom. The quantitative estimate of drug-likeness (QED) is 0.0260. The van der Waals surface area contributed by atoms with E-state index in [-0.39, 0.29) is 49.6 Å². The monoisotopic (exact) mass is 2090 g/mol. The second kappa shape index (κ2) is 49.4. The molecule has 4 aromatic carbocycles. The molecular formula is C98H136Cl4F12N20S4. The molecule has 764 valence electrons. The predicted octanol–water partition coefficient (Wildman–Crippen LogP) is 23.2. The number of rotatable bonds is 28. The van der Waals surface area contributed by atoms with Crippen molar-refractivity contribution in [2.24, 2.45) is 51.9 Å². The summed E-state index contributed by atoms with van der Waals surface area (Å²) in [5.41, 5.74) is 1.33. The SMILES string of the molecule is Cl.Cl.Cl.Cl.Cn1c(SCCCN2CC3CCN(c4ccc(C(F)(F)F)cc4)C3C2)nnc1C1CCCCC1.Cn1c(SCCCN2C[C@@H]3CCN(c4ccc(C(F)(F)F)cc4)[C@@H]3C2)nnc1C1CCCC1.Cn1c(SCCCN2C[C@@H]3CCN(c4ccc(C(F)(F)F)cc4)[C@@H]3C2)nnc1C1CCCCC1.Cn1c(SCCCN2C[C@H]3CCN(c4ccc(C(F)(F)F)cc4)[C@H]3C2)nnc1C1CCCC1. The highest BCUT2D eigenvalue weighted by molar-refractivity contribution is 7.99. The van der Waals surface area contributed by atoms with E-state index < -0.39 is 47.0 Å². The van der Waals surface area contributed by atoms with Gasteiger partial charge in [-0.25, -0.2) is 0 Å². The number of halogens is 16. The van der Waals surface area contributed by atoms with Crippen molar-refractivity contribution >= 4 is 119 Å². The Bertz CT molecular complexity index is 4740. The molecule has 0 bridgehead atoms. The van der Waals surface area contributed by atoms with Gasteiger partial charge in [-0.15, -0.1) is 90.4 Å². The molecule has 0 radical (unpaired) electrons. The van der Waals surface area contributed by atoms with Crippen molar-refractivity contribution in [2.75, 3.05) is 147 Å². The number of likely N-dealkylation sites (tertiary alicyclic amines) is 4. The summed E-state index contributed by atoms with van der Waals surface area (Å²) >= 11 is 7.18. The van der Waals surface area contributed by atoms with E-state index in [1.54, 1.807) is 95.6 Å². The number of hydrogen-bond donors (Lipinski definition) is 0. The van der Waals surface area contributed by atoms with Crippen LogP contribution in [0.15, 0.2) is 118 Å². The van der Waals surface area contributed by atoms with Crippen LogP contribution in [0.5, 0.6) is 0 Å². The Labute approximate surface area is 846 Å². The van der Waals surface area contributed by atoms with Gasteiger partial charge in [-0.2, -0.15) is 52.7 Å². The maximum absolute atomic E-state index is 12.9. The molecule has 8 aliphatic heterocycles. The Balaban J connectivity index is 0.000000154. The molecule has 40 heteroatoms. The minimum absolute atomic E-state index is 0. The maximum Gasteiger partial charge on any atom is 0.416 e. The van der Waals surface area contributed by atoms with E-state index in [9.17, 15) is 52.7 Å². The highest BCUT2D eigenvalue weighted by Gasteiger charge is 2.47. The van der Waals surface area contributed by atoms with Crippen molar-refractivity contribution < 1.29 is 52.7 Å². The predicted molar refractivity (Wildman–Crippen MR) is 537 cm³/mol. The molecule has 2 unspecified atom stereocenters. The zero-order valence-electron chi connectivity index (χ0n) is 79.4. The molecule has 12 aliphatic rings. The van der Waals surface area contributed by atoms with Crippen molar-refractivity contribution in [3.8, 4) is 0 Å². The number of alkyl halides is 12. The van der Waals surface area contributed by atoms with Gasteiger partial charge in [0.15, 0.2) is 20.6 Å². The third-order valence-electron chi connectivity index (χ3n) is 30.9. The number of aromatic nitrogens is 12. The first kappa shape index (κ1) is 109. The summed E-state index contributed by atoms with van der Waals surface area (Å²) in [5, 5.41) is 39.8. The number of fused-ring (bicyclic) bond motifs is 4. The van der Waals surface area contributed by atoms with Gasteiger partial charge in [0.2, 0.25) is 0 Å². The average molecular weight is 2090 g/mol. The van der Waals surface area contributed by atoms with E-state index in [4.69, 9.17) is 0 Å². The molecule has 12 fully saturated rings. The smallest absolute Gasteiger partial charge is 0.367 e. The zero-order valence-corrected chi connectivity index (χ0v) is 86.0. The largest absolute Gasteiger partial charge is 0.416 e. The molecule has 4 saturated carbocycles. The summed E-state index contributed by atoms with van der Waals surface area (Å²) in [7, 11) is 8.38. The molecule has 0 N–H and O–H groups in total. The lowest BCUT2D eigenvalue weighted by atomic mass is 9.89. The lowest BCUT2D eigenvalue weighted by molar-refractivity contribution is -0.138. The molecule has 8 aromatic rings. The van der Waals surface area contributed by atoms with Crippen LogP contribution in [0.1, 0.15) is 236 Å². The number of thioether (sulfide) groups is 4. The van der Waals surface area contributed by atoms with Gasteiger partial charge >= 0.3 is 24.7 Å². The molecular weight excluding hydrogens is 1960 g/mol. The van der Waals surface area contributed by atoms with E-state index in [0.29, 0.717) is 71.5 Å². The molecule has 0 spiro atoms. The van der Waals surface area contributed by atoms with Crippen molar-refractivity contribution in [3.63, 3.8) is 0 Å². The molecule has 4 aromatic heterocycles. The minimum atomic E-state index is -4.28. The third-order valence-corrected chi connectivity index (χ3v) is 35.3. The van der Waals surface area contributed by atoms with Gasteiger partial charge in [-0.3, -0.25) is 0 Å². The second-order valence-corrected chi connectivity index (χ2v) is 43.7. The van der Waals surface area contributed by atoms with Crippen LogP contribution in [-0.4, -0.2) is 231 Å². The summed E-state index contributed by atoms with van der Waals surface area (Å²) in [6.07, 6.45) is 14.6. The Hall–Kier alpha value is -5.80. The topological polar surface area (TPSA) is 149 Å². The lowest BCUT2D eigenvalue weighted by Gasteiger charge is -2.27. The highest BCUT2D eigenvalue weighted by atomic mass is 35.5. The van der Waals surface area contributed by atoms with Gasteiger partial charge in [0.1, 0.15) is 23.3 Å². The number of benzene rings is 4. The van der Waals surface area contributed by atoms with Crippen molar-refractivity contribution in [2.45, 2.75) is 260 Å². The first-order valence-electron chi connectivity index (χ1n) is 49.3. The Morgan fingerprint density at radius 3 is 0.630 bits per heavy atom. The maximum atomic E-state index is 12.9. The summed E-state index contributed by atoms with van der Waals surface area (Å²) in [4.78, 5) is 19.3. The van der Waals surface area contributed by atoms with Crippen LogP contribution in [0.2, 0.25) is 0 Å². The number of hydrogen-bond acceptors (Lipinski definition) is 20. The normalized spacial score (nSPS) is 23.5. The van der Waals surface area contributed by atoms with Crippen LogP contribution >= 0.6 is 96.7 Å². The van der Waals surface area contributed by atoms with Crippen LogP contribution in [0.3, 0.4) is 0 Å². The number of nitrogens with zero attached hydrogens (tertiary/aromatic N) is 20. The van der Waals surface area contributed by atoms with E-state index in [1.807, 2.05) is 0 Å². The second-order valence-electron chi connectivity index (χ2n) is 39.5. The first-order valence-corrected chi connectivity index (χ1v) is 53.3. The summed E-state index contributed by atoms with van der Waals surface area (Å²) in [6, 6.07) is 24.3. The highest BCUT2D eigenvalue weighted by Crippen LogP contribution is 2.46. The van der Waals surface area contributed by atoms with Crippen molar-refractivity contribution in [1.29, 1.82) is 0 Å². The van der Waals surface area contributed by atoms with E-state index >= 15 is 0 Å². The van der Waals surface area contributed by atoms with Gasteiger partial charge in [0, 0.05) is 200 Å². The molecule has 12 heterocycles. The van der Waals surface area contributed by atoms with Gasteiger partial charge < -0.3 is 57.5 Å². The van der Waals surface area contributed by atoms with Gasteiger partial charge in [0.25, 0.3) is 0 Å². The molecule has 8 atom stereocenters. The average Bonchev–Trinajstić information content (AvgIpc) is 1.64. The number of anilines is 4. The molecule has 138 heavy (non-hydrogen) atoms. The van der Waals surface area contributed by atoms with Gasteiger partial charge in [0.05, 0.1) is 22.3 Å². The fourth-order valence-electron chi connectivity index (χ4n) is 23.7. The standard InChI is InChI=1S/2C25H34F3N5S.2C24H32F3N5S.4ClH/c2*1-31-23(18-6-3-2-4-7-18)29-30-24(31)34-15-5-13-32-16-19-12-14-33(22(19)17-32)21-10-8-20(9-11-21)25(26,27)28;2*1-30-22(17-5-2-3-6-17)28-29-23(30)33-14-4-12-31-15-18-11-13-32(21(18)16-31)20-9-7-19(8-10-20)24(25,26)27;;;;/h2*8-11,18-19,22H,2-7,12-17H2,1H3;2*7-10,17-18,21H,2-6,11-16H2,1H3;4*1H/t19-,22+;;2*18-,21+;;;;/m0.10..../s1.